The zero-order valence-electron chi connectivity index (χ0n) is 23.1. The van der Waals surface area contributed by atoms with Gasteiger partial charge in [-0.15, -0.1) is 22.9 Å². The lowest BCUT2D eigenvalue weighted by Crippen LogP contribution is -2.46. The molecule has 5 rings (SSSR count). The van der Waals surface area contributed by atoms with Crippen LogP contribution >= 0.6 is 22.9 Å². The normalized spacial score (nSPS) is 14.0. The Hall–Kier alpha value is -3.27. The zero-order valence-corrected chi connectivity index (χ0v) is 24.7. The predicted octanol–water partition coefficient (Wildman–Crippen LogP) is 6.33. The Balaban J connectivity index is 1.06. The number of hydrogen-bond donors (Lipinski definition) is 0. The van der Waals surface area contributed by atoms with E-state index < -0.39 is 6.16 Å². The number of thiophene rings is 1. The number of carbonyl (C=O) groups is 1. The first-order valence-electron chi connectivity index (χ1n) is 14.2. The molecule has 2 aromatic carbocycles. The number of hydrogen-bond acceptors (Lipinski definition) is 8. The van der Waals surface area contributed by atoms with Crippen molar-refractivity contribution in [1.82, 2.24) is 9.47 Å². The van der Waals surface area contributed by atoms with Crippen LogP contribution in [0.3, 0.4) is 0 Å². The van der Waals surface area contributed by atoms with Gasteiger partial charge in [0.15, 0.2) is 6.73 Å². The van der Waals surface area contributed by atoms with Crippen molar-refractivity contribution < 1.29 is 19.0 Å². The van der Waals surface area contributed by atoms with Crippen LogP contribution in [0.15, 0.2) is 64.8 Å². The predicted molar refractivity (Wildman–Crippen MR) is 166 cm³/mol. The van der Waals surface area contributed by atoms with Gasteiger partial charge in [0, 0.05) is 60.0 Å². The van der Waals surface area contributed by atoms with Gasteiger partial charge in [-0.2, -0.15) is 0 Å². The minimum Gasteiger partial charge on any atom is -0.494 e. The molecule has 0 saturated carbocycles. The summed E-state index contributed by atoms with van der Waals surface area (Å²) in [5.41, 5.74) is 1.72. The number of nitrogens with zero attached hydrogens (tertiary/aromatic N) is 3. The third kappa shape index (κ3) is 7.72. The first kappa shape index (κ1) is 29.2. The van der Waals surface area contributed by atoms with Crippen LogP contribution in [0.25, 0.3) is 21.0 Å². The number of carbonyl (C=O) groups excluding carboxylic acids is 1. The van der Waals surface area contributed by atoms with Gasteiger partial charge in [0.05, 0.1) is 18.7 Å². The van der Waals surface area contributed by atoms with Crippen molar-refractivity contribution in [3.63, 3.8) is 0 Å². The van der Waals surface area contributed by atoms with Crippen molar-refractivity contribution in [2.45, 2.75) is 32.4 Å². The summed E-state index contributed by atoms with van der Waals surface area (Å²) in [5.74, 6) is 1.19. The molecule has 41 heavy (non-hydrogen) atoms. The lowest BCUT2D eigenvalue weighted by atomic mass is 10.2. The maximum absolute atomic E-state index is 12.5. The summed E-state index contributed by atoms with van der Waals surface area (Å²) in [6, 6.07) is 17.7. The van der Waals surface area contributed by atoms with E-state index in [2.05, 4.69) is 39.4 Å². The van der Waals surface area contributed by atoms with Crippen LogP contribution in [0.1, 0.15) is 25.7 Å². The molecule has 10 heteroatoms. The highest BCUT2D eigenvalue weighted by atomic mass is 35.5. The first-order valence-corrected chi connectivity index (χ1v) is 15.6. The van der Waals surface area contributed by atoms with Crippen molar-refractivity contribution in [1.29, 1.82) is 0 Å². The van der Waals surface area contributed by atoms with E-state index >= 15 is 0 Å². The molecular weight excluding hydrogens is 562 g/mol. The molecule has 0 spiro atoms. The third-order valence-electron chi connectivity index (χ3n) is 7.35. The average Bonchev–Trinajstić information content (AvgIpc) is 3.48. The fourth-order valence-corrected chi connectivity index (χ4v) is 6.09. The maximum Gasteiger partial charge on any atom is 0.510 e. The molecule has 0 atom stereocenters. The maximum atomic E-state index is 12.5. The molecule has 0 aliphatic carbocycles. The van der Waals surface area contributed by atoms with Crippen molar-refractivity contribution in [3.8, 4) is 5.75 Å². The summed E-state index contributed by atoms with van der Waals surface area (Å²) in [7, 11) is 0. The highest BCUT2D eigenvalue weighted by Crippen LogP contribution is 2.31. The summed E-state index contributed by atoms with van der Waals surface area (Å²) in [6.45, 7) is 5.85. The number of ether oxygens (including phenoxy) is 3. The van der Waals surface area contributed by atoms with Gasteiger partial charge >= 0.3 is 6.16 Å². The second-order valence-corrected chi connectivity index (χ2v) is 11.4. The Kier molecular flexibility index (Phi) is 10.4. The van der Waals surface area contributed by atoms with Gasteiger partial charge < -0.3 is 19.1 Å². The van der Waals surface area contributed by atoms with E-state index in [1.54, 1.807) is 17.4 Å². The van der Waals surface area contributed by atoms with Gasteiger partial charge in [-0.05, 0) is 79.4 Å². The Morgan fingerprint density at radius 3 is 2.59 bits per heavy atom. The third-order valence-corrected chi connectivity index (χ3v) is 8.50. The van der Waals surface area contributed by atoms with E-state index in [1.165, 1.54) is 26.4 Å². The molecular formula is C31H36ClN3O5S. The molecule has 1 fully saturated rings. The zero-order chi connectivity index (χ0) is 28.4. The molecule has 8 nitrogen and oxygen atoms in total. The Morgan fingerprint density at radius 2 is 1.73 bits per heavy atom. The van der Waals surface area contributed by atoms with Crippen LogP contribution in [0.2, 0.25) is 0 Å². The van der Waals surface area contributed by atoms with Crippen LogP contribution in [-0.2, 0) is 16.2 Å². The van der Waals surface area contributed by atoms with Crippen LogP contribution in [0.5, 0.6) is 5.75 Å². The van der Waals surface area contributed by atoms with E-state index in [0.29, 0.717) is 30.2 Å². The Morgan fingerprint density at radius 1 is 0.902 bits per heavy atom. The van der Waals surface area contributed by atoms with Gasteiger partial charge in [-0.3, -0.25) is 14.3 Å². The summed E-state index contributed by atoms with van der Waals surface area (Å²) >= 11 is 7.43. The summed E-state index contributed by atoms with van der Waals surface area (Å²) < 4.78 is 19.0. The second-order valence-electron chi connectivity index (χ2n) is 10.1. The van der Waals surface area contributed by atoms with Crippen molar-refractivity contribution in [2.24, 2.45) is 0 Å². The number of rotatable bonds is 13. The molecule has 0 N–H and O–H groups in total. The summed E-state index contributed by atoms with van der Waals surface area (Å²) in [6.07, 6.45) is 2.60. The molecule has 0 radical (unpaired) electrons. The molecule has 218 valence electrons. The van der Waals surface area contributed by atoms with Crippen LogP contribution in [-0.4, -0.2) is 67.4 Å². The van der Waals surface area contributed by atoms with Crippen LogP contribution < -0.4 is 15.2 Å². The molecule has 0 unspecified atom stereocenters. The van der Waals surface area contributed by atoms with Crippen molar-refractivity contribution in [3.05, 3.63) is 70.3 Å². The number of pyridine rings is 1. The van der Waals surface area contributed by atoms with Crippen molar-refractivity contribution >= 4 is 55.8 Å². The quantitative estimate of drug-likeness (QED) is 0.101. The average molecular weight is 598 g/mol. The van der Waals surface area contributed by atoms with E-state index in [-0.39, 0.29) is 18.9 Å². The lowest BCUT2D eigenvalue weighted by molar-refractivity contribution is 0.0334. The summed E-state index contributed by atoms with van der Waals surface area (Å²) in [5, 5.41) is 4.38. The summed E-state index contributed by atoms with van der Waals surface area (Å²) in [4.78, 5) is 29.5. The minimum absolute atomic E-state index is 0.232. The lowest BCUT2D eigenvalue weighted by Gasteiger charge is -2.36. The molecule has 1 aliphatic heterocycles. The Bertz CT molecular complexity index is 1500. The smallest absolute Gasteiger partial charge is 0.494 e. The molecule has 4 aromatic rings. The van der Waals surface area contributed by atoms with E-state index in [1.807, 2.05) is 18.2 Å². The van der Waals surface area contributed by atoms with Gasteiger partial charge in [0.25, 0.3) is 5.56 Å². The number of piperazine rings is 1. The number of unbranched alkanes of at least 4 members (excludes halogenated alkanes) is 2. The molecule has 0 amide bonds. The van der Waals surface area contributed by atoms with Crippen LogP contribution in [0, 0.1) is 0 Å². The van der Waals surface area contributed by atoms with Gasteiger partial charge in [0.2, 0.25) is 0 Å². The number of fused-ring (bicyclic) bond motifs is 2. The minimum atomic E-state index is -0.808. The first-order chi connectivity index (χ1) is 20.1. The van der Waals surface area contributed by atoms with E-state index in [0.717, 1.165) is 57.4 Å². The van der Waals surface area contributed by atoms with Crippen molar-refractivity contribution in [2.75, 3.05) is 56.7 Å². The fraction of sp³-hybridized carbons (Fsp3) is 0.419. The molecule has 0 bridgehead atoms. The van der Waals surface area contributed by atoms with Gasteiger partial charge in [-0.25, -0.2) is 4.79 Å². The standard InChI is InChI=1S/C31H36ClN3O5S/c32-13-1-3-20-39-31(37)40-23-35-28-22-25(10-8-24(28)9-11-30(35)36)38-19-4-2-14-33-15-17-34(18-16-33)27-6-5-7-29-26(27)12-21-41-29/h5-12,21-22H,1-4,13-20,23H2. The van der Waals surface area contributed by atoms with E-state index in [9.17, 15) is 9.59 Å². The Labute approximate surface area is 249 Å². The van der Waals surface area contributed by atoms with Crippen LogP contribution in [0.4, 0.5) is 10.5 Å². The second kappa shape index (κ2) is 14.6. The monoisotopic (exact) mass is 597 g/mol. The van der Waals surface area contributed by atoms with Gasteiger partial charge in [0.1, 0.15) is 5.75 Å². The fourth-order valence-electron chi connectivity index (χ4n) is 5.10. The number of halogens is 1. The molecule has 3 heterocycles. The highest BCUT2D eigenvalue weighted by Gasteiger charge is 2.18. The molecule has 1 aliphatic rings. The topological polar surface area (TPSA) is 73.2 Å². The molecule has 1 saturated heterocycles. The SMILES string of the molecule is O=C(OCCCCCl)OCn1c(=O)ccc2ccc(OCCCCN3CCN(c4cccc5sccc45)CC3)cc21. The van der Waals surface area contributed by atoms with Gasteiger partial charge in [-0.1, -0.05) is 6.07 Å². The van der Waals surface area contributed by atoms with E-state index in [4.69, 9.17) is 25.8 Å². The number of anilines is 1. The number of alkyl halides is 1. The highest BCUT2D eigenvalue weighted by molar-refractivity contribution is 7.17. The number of benzene rings is 2. The molecule has 2 aromatic heterocycles. The number of aromatic nitrogens is 1. The largest absolute Gasteiger partial charge is 0.510 e.